The molecule has 4 nitrogen and oxygen atoms in total. The van der Waals surface area contributed by atoms with Crippen molar-refractivity contribution in [2.24, 2.45) is 0 Å². The van der Waals surface area contributed by atoms with Gasteiger partial charge in [-0.3, -0.25) is 0 Å². The largest absolute Gasteiger partial charge is 0.504 e. The first-order valence-corrected chi connectivity index (χ1v) is 7.98. The summed E-state index contributed by atoms with van der Waals surface area (Å²) in [5, 5.41) is 11.3. The van der Waals surface area contributed by atoms with E-state index in [1.807, 2.05) is 32.0 Å². The van der Waals surface area contributed by atoms with Crippen molar-refractivity contribution in [2.75, 3.05) is 13.7 Å². The number of ether oxygens (including phenoxy) is 2. The number of phenolic OH excluding ortho intramolecular Hbond substituents is 1. The molecule has 0 aliphatic carbocycles. The number of halogens is 1. The van der Waals surface area contributed by atoms with Crippen LogP contribution in [-0.2, 0) is 0 Å². The zero-order valence-electron chi connectivity index (χ0n) is 13.7. The molecule has 0 aliphatic heterocycles. The number of aryl methyl sites for hydroxylation is 1. The number of methoxy groups -OCH3 is 1. The number of hydrogen-bond acceptors (Lipinski definition) is 3. The topological polar surface area (TPSA) is 50.0 Å². The second-order valence-electron chi connectivity index (χ2n) is 5.39. The van der Waals surface area contributed by atoms with Gasteiger partial charge in [0.2, 0.25) is 0 Å². The van der Waals surface area contributed by atoms with Crippen LogP contribution in [-0.4, -0.2) is 18.8 Å². The smallest absolute Gasteiger partial charge is 0.364 e. The summed E-state index contributed by atoms with van der Waals surface area (Å²) in [6.07, 6.45) is 0. The number of rotatable bonds is 4. The van der Waals surface area contributed by atoms with Crippen molar-refractivity contribution >= 4 is 22.6 Å². The number of benzene rings is 2. The standard InChI is InChI=1S/C19H17ClO4/c1-4-23-17-10-16(12-5-6-15(21)19(8-12)22-3)24-18-7-11(2)14(20)9-13(17)18/h5-10H,4H2,1-3H3/p+1. The molecule has 3 rings (SSSR count). The average molecular weight is 346 g/mol. The number of phenols is 1. The molecule has 3 aromatic rings. The molecule has 0 fully saturated rings. The zero-order valence-corrected chi connectivity index (χ0v) is 14.5. The van der Waals surface area contributed by atoms with Gasteiger partial charge in [0.25, 0.3) is 0 Å². The SMILES string of the molecule is CCOc1cc(-c2ccc(O)c(OC)c2)[o+]c2cc(C)c(Cl)cc12. The number of fused-ring (bicyclic) bond motifs is 1. The molecule has 0 radical (unpaired) electrons. The lowest BCUT2D eigenvalue weighted by atomic mass is 10.1. The molecule has 124 valence electrons. The number of hydrogen-bond donors (Lipinski definition) is 1. The van der Waals surface area contributed by atoms with Crippen LogP contribution in [0.5, 0.6) is 17.2 Å². The second-order valence-corrected chi connectivity index (χ2v) is 5.80. The summed E-state index contributed by atoms with van der Waals surface area (Å²) < 4.78 is 17.0. The quantitative estimate of drug-likeness (QED) is 0.638. The Hall–Kier alpha value is -2.46. The molecule has 0 saturated carbocycles. The van der Waals surface area contributed by atoms with Gasteiger partial charge in [0.1, 0.15) is 11.1 Å². The first-order chi connectivity index (χ1) is 11.5. The average Bonchev–Trinajstić information content (AvgIpc) is 2.57. The minimum Gasteiger partial charge on any atom is -0.504 e. The van der Waals surface area contributed by atoms with Crippen LogP contribution in [0.1, 0.15) is 12.5 Å². The van der Waals surface area contributed by atoms with Gasteiger partial charge in [0.05, 0.1) is 25.3 Å². The zero-order chi connectivity index (χ0) is 17.3. The molecule has 0 bridgehead atoms. The maximum Gasteiger partial charge on any atom is 0.364 e. The summed E-state index contributed by atoms with van der Waals surface area (Å²) in [5.74, 6) is 1.77. The van der Waals surface area contributed by atoms with Gasteiger partial charge in [-0.15, -0.1) is 0 Å². The molecule has 1 aromatic heterocycles. The monoisotopic (exact) mass is 345 g/mol. The minimum absolute atomic E-state index is 0.0784. The fourth-order valence-electron chi connectivity index (χ4n) is 2.52. The van der Waals surface area contributed by atoms with Gasteiger partial charge in [0, 0.05) is 17.2 Å². The fourth-order valence-corrected chi connectivity index (χ4v) is 2.69. The predicted molar refractivity (Wildman–Crippen MR) is 95.2 cm³/mol. The molecule has 0 spiro atoms. The molecule has 1 N–H and O–H groups in total. The predicted octanol–water partition coefficient (Wildman–Crippen LogP) is 5.46. The van der Waals surface area contributed by atoms with E-state index in [4.69, 9.17) is 25.5 Å². The van der Waals surface area contributed by atoms with E-state index in [9.17, 15) is 5.11 Å². The molecule has 0 saturated heterocycles. The Morgan fingerprint density at radius 3 is 2.62 bits per heavy atom. The lowest BCUT2D eigenvalue weighted by molar-refractivity contribution is 0.342. The van der Waals surface area contributed by atoms with Gasteiger partial charge in [-0.25, -0.2) is 4.42 Å². The Morgan fingerprint density at radius 2 is 1.92 bits per heavy atom. The molecule has 0 atom stereocenters. The van der Waals surface area contributed by atoms with Crippen molar-refractivity contribution < 1.29 is 19.0 Å². The summed E-state index contributed by atoms with van der Waals surface area (Å²) in [6, 6.07) is 10.6. The molecule has 1 heterocycles. The molecule has 24 heavy (non-hydrogen) atoms. The third kappa shape index (κ3) is 2.97. The molecule has 0 amide bonds. The summed E-state index contributed by atoms with van der Waals surface area (Å²) in [4.78, 5) is 0. The normalized spacial score (nSPS) is 10.8. The maximum absolute atomic E-state index is 9.76. The van der Waals surface area contributed by atoms with Crippen molar-refractivity contribution in [1.82, 2.24) is 0 Å². The highest BCUT2D eigenvalue weighted by atomic mass is 35.5. The lowest BCUT2D eigenvalue weighted by Crippen LogP contribution is -1.94. The molecule has 0 unspecified atom stereocenters. The maximum atomic E-state index is 9.76. The van der Waals surface area contributed by atoms with Crippen molar-refractivity contribution in [3.8, 4) is 28.6 Å². The van der Waals surface area contributed by atoms with E-state index in [0.717, 1.165) is 16.5 Å². The Labute approximate surface area is 145 Å². The minimum atomic E-state index is 0.0784. The van der Waals surface area contributed by atoms with Gasteiger partial charge in [-0.05, 0) is 37.6 Å². The lowest BCUT2D eigenvalue weighted by Gasteiger charge is -2.06. The van der Waals surface area contributed by atoms with Crippen LogP contribution in [0.15, 0.2) is 40.8 Å². The first kappa shape index (κ1) is 16.4. The van der Waals surface area contributed by atoms with E-state index in [0.29, 0.717) is 34.5 Å². The number of aromatic hydroxyl groups is 1. The Balaban J connectivity index is 2.23. The van der Waals surface area contributed by atoms with Crippen molar-refractivity contribution in [2.45, 2.75) is 13.8 Å². The van der Waals surface area contributed by atoms with Crippen LogP contribution in [0.4, 0.5) is 0 Å². The first-order valence-electron chi connectivity index (χ1n) is 7.60. The molecule has 0 aliphatic rings. The van der Waals surface area contributed by atoms with Crippen molar-refractivity contribution in [3.05, 3.63) is 47.0 Å². The summed E-state index contributed by atoms with van der Waals surface area (Å²) >= 11 is 6.23. The summed E-state index contributed by atoms with van der Waals surface area (Å²) in [6.45, 7) is 4.38. The van der Waals surface area contributed by atoms with Gasteiger partial charge in [-0.1, -0.05) is 11.6 Å². The molecule has 2 aromatic carbocycles. The van der Waals surface area contributed by atoms with E-state index < -0.39 is 0 Å². The van der Waals surface area contributed by atoms with Crippen LogP contribution in [0.3, 0.4) is 0 Å². The van der Waals surface area contributed by atoms with Crippen LogP contribution in [0.25, 0.3) is 22.3 Å². The third-order valence-electron chi connectivity index (χ3n) is 3.77. The van der Waals surface area contributed by atoms with Crippen molar-refractivity contribution in [3.63, 3.8) is 0 Å². The third-order valence-corrected chi connectivity index (χ3v) is 4.18. The van der Waals surface area contributed by atoms with Crippen LogP contribution in [0, 0.1) is 6.92 Å². The molecular weight excluding hydrogens is 328 g/mol. The van der Waals surface area contributed by atoms with Crippen LogP contribution >= 0.6 is 11.6 Å². The van der Waals surface area contributed by atoms with Crippen LogP contribution in [0.2, 0.25) is 5.02 Å². The second kappa shape index (κ2) is 6.57. The molecular formula is C19H18ClO4+. The Bertz CT molecular complexity index is 905. The summed E-state index contributed by atoms with van der Waals surface area (Å²) in [7, 11) is 1.51. The van der Waals surface area contributed by atoms with Gasteiger partial charge < -0.3 is 14.6 Å². The van der Waals surface area contributed by atoms with E-state index in [-0.39, 0.29) is 5.75 Å². The Kier molecular flexibility index (Phi) is 4.49. The van der Waals surface area contributed by atoms with Gasteiger partial charge >= 0.3 is 11.3 Å². The fraction of sp³-hybridized carbons (Fsp3) is 0.211. The highest BCUT2D eigenvalue weighted by molar-refractivity contribution is 6.32. The van der Waals surface area contributed by atoms with Crippen LogP contribution < -0.4 is 9.47 Å². The van der Waals surface area contributed by atoms with E-state index in [1.54, 1.807) is 18.2 Å². The van der Waals surface area contributed by atoms with E-state index in [2.05, 4.69) is 0 Å². The van der Waals surface area contributed by atoms with Gasteiger partial charge in [0.15, 0.2) is 11.5 Å². The highest BCUT2D eigenvalue weighted by Crippen LogP contribution is 2.37. The van der Waals surface area contributed by atoms with Gasteiger partial charge in [-0.2, -0.15) is 0 Å². The van der Waals surface area contributed by atoms with E-state index >= 15 is 0 Å². The van der Waals surface area contributed by atoms with E-state index in [1.165, 1.54) is 7.11 Å². The van der Waals surface area contributed by atoms with Crippen molar-refractivity contribution in [1.29, 1.82) is 0 Å². The highest BCUT2D eigenvalue weighted by Gasteiger charge is 2.22. The summed E-state index contributed by atoms with van der Waals surface area (Å²) in [5.41, 5.74) is 2.39. The molecule has 5 heteroatoms. The Morgan fingerprint density at radius 1 is 1.12 bits per heavy atom.